The molecule has 1 unspecified atom stereocenters. The fraction of sp³-hybridized carbons (Fsp3) is 0.750. The summed E-state index contributed by atoms with van der Waals surface area (Å²) >= 11 is -0.351. The van der Waals surface area contributed by atoms with Gasteiger partial charge >= 0.3 is 82.4 Å². The van der Waals surface area contributed by atoms with Crippen LogP contribution in [0.25, 0.3) is 0 Å². The van der Waals surface area contributed by atoms with Crippen LogP contribution in [0.2, 0.25) is 0 Å². The molecule has 0 amide bonds. The van der Waals surface area contributed by atoms with Crippen LogP contribution in [0, 0.1) is 0 Å². The van der Waals surface area contributed by atoms with Crippen molar-refractivity contribution in [3.8, 4) is 0 Å². The molecule has 0 aliphatic heterocycles. The summed E-state index contributed by atoms with van der Waals surface area (Å²) in [5.74, 6) is 5.26. The quantitative estimate of drug-likeness (QED) is 0.0757. The molecule has 0 heterocycles. The van der Waals surface area contributed by atoms with Gasteiger partial charge in [0.1, 0.15) is 0 Å². The fourth-order valence-corrected chi connectivity index (χ4v) is 4.61. The van der Waals surface area contributed by atoms with Crippen molar-refractivity contribution in [2.75, 3.05) is 4.43 Å². The van der Waals surface area contributed by atoms with Crippen molar-refractivity contribution in [2.45, 2.75) is 10.7 Å². The Labute approximate surface area is 81.8 Å². The molecule has 0 saturated carbocycles. The molecule has 4 nitrogen and oxygen atoms in total. The molecular weight excluding hydrogens is 358 g/mol. The van der Waals surface area contributed by atoms with Crippen LogP contribution < -0.4 is 41.7 Å². The number of hydrazine groups is 1. The van der Waals surface area contributed by atoms with E-state index in [0.717, 1.165) is 4.43 Å². The molecule has 0 fully saturated rings. The number of hydrogen-bond acceptors (Lipinski definition) is 4. The van der Waals surface area contributed by atoms with Gasteiger partial charge in [-0.05, 0) is 0 Å². The van der Waals surface area contributed by atoms with E-state index in [1.807, 2.05) is 0 Å². The molecule has 0 spiro atoms. The summed E-state index contributed by atoms with van der Waals surface area (Å²) in [5, 5.41) is 0. The van der Waals surface area contributed by atoms with E-state index in [4.69, 9.17) is 11.6 Å². The fourth-order valence-electron chi connectivity index (χ4n) is 0.399. The second kappa shape index (κ2) is 5.77. The van der Waals surface area contributed by atoms with Crippen molar-refractivity contribution < 1.29 is 21.2 Å². The number of nitrogens with one attached hydrogen (secondary N) is 2. The molecule has 0 saturated heterocycles. The zero-order valence-electron chi connectivity index (χ0n) is 5.82. The van der Waals surface area contributed by atoms with Gasteiger partial charge < -0.3 is 0 Å². The van der Waals surface area contributed by atoms with Gasteiger partial charge in [-0.25, -0.2) is 0 Å². The Balaban J connectivity index is 3.80. The van der Waals surface area contributed by atoms with E-state index < -0.39 is 3.79 Å². The number of nitrogens with two attached hydrogens (primary N) is 2. The number of halogens is 2. The summed E-state index contributed by atoms with van der Waals surface area (Å²) in [4.78, 5) is 0. The minimum absolute atomic E-state index is 0.110. The van der Waals surface area contributed by atoms with Gasteiger partial charge in [-0.2, -0.15) is 0 Å². The Morgan fingerprint density at radius 3 is 2.70 bits per heavy atom. The van der Waals surface area contributed by atoms with E-state index in [9.17, 15) is 0 Å². The van der Waals surface area contributed by atoms with Crippen LogP contribution >= 0.6 is 21.0 Å². The molecule has 64 valence electrons. The van der Waals surface area contributed by atoms with Gasteiger partial charge in [-0.1, -0.05) is 0 Å². The van der Waals surface area contributed by atoms with Gasteiger partial charge in [-0.15, -0.1) is 0 Å². The summed E-state index contributed by atoms with van der Waals surface area (Å²) in [6.07, 6.45) is 0. The minimum atomic E-state index is -0.483. The first-order chi connectivity index (χ1) is 4.68. The molecule has 0 radical (unpaired) electrons. The Morgan fingerprint density at radius 2 is 2.40 bits per heavy atom. The predicted molar refractivity (Wildman–Crippen MR) is 49.1 cm³/mol. The van der Waals surface area contributed by atoms with E-state index in [2.05, 4.69) is 20.4 Å². The third-order valence-electron chi connectivity index (χ3n) is 0.759. The van der Waals surface area contributed by atoms with Crippen molar-refractivity contribution in [3.63, 3.8) is 0 Å². The van der Waals surface area contributed by atoms with Crippen LogP contribution in [0.3, 0.4) is 0 Å². The van der Waals surface area contributed by atoms with Crippen molar-refractivity contribution in [1.82, 2.24) is 8.96 Å². The average Bonchev–Trinajstić information content (AvgIpc) is 1.89. The van der Waals surface area contributed by atoms with Crippen molar-refractivity contribution in [3.05, 3.63) is 0 Å². The van der Waals surface area contributed by atoms with Crippen LogP contribution in [0.1, 0.15) is 6.92 Å². The van der Waals surface area contributed by atoms with Crippen LogP contribution in [0.15, 0.2) is 0 Å². The van der Waals surface area contributed by atoms with Crippen LogP contribution in [-0.4, -0.2) is 12.7 Å². The molecule has 0 rings (SSSR count). The van der Waals surface area contributed by atoms with Gasteiger partial charge in [0.25, 0.3) is 0 Å². The standard InChI is InChI=1S/C4H13I2N4/c1-3-6-4(7,10-8)9-5-2/h9-10H,2-3,7-8H2,1H3/q-1. The van der Waals surface area contributed by atoms with Crippen LogP contribution in [0.4, 0.5) is 0 Å². The molecule has 1 atom stereocenters. The molecule has 0 aliphatic carbocycles. The molecule has 0 aromatic heterocycles. The molecule has 0 aliphatic rings. The summed E-state index contributed by atoms with van der Waals surface area (Å²) in [7, 11) is 0. The summed E-state index contributed by atoms with van der Waals surface area (Å²) < 4.78 is 7.46. The molecule has 6 N–H and O–H groups in total. The Morgan fingerprint density at radius 1 is 1.80 bits per heavy atom. The Kier molecular flexibility index (Phi) is 6.45. The molecule has 0 aromatic carbocycles. The summed E-state index contributed by atoms with van der Waals surface area (Å²) in [6.45, 7) is 2.11. The zero-order valence-corrected chi connectivity index (χ0v) is 10.1. The van der Waals surface area contributed by atoms with E-state index in [1.54, 1.807) is 0 Å². The third kappa shape index (κ3) is 4.13. The second-order valence-corrected chi connectivity index (χ2v) is 6.78. The summed E-state index contributed by atoms with van der Waals surface area (Å²) in [5.41, 5.74) is 8.39. The molecule has 6 heteroatoms. The zero-order chi connectivity index (χ0) is 8.04. The first-order valence-corrected chi connectivity index (χ1v) is 7.91. The monoisotopic (exact) mass is 371 g/mol. The maximum atomic E-state index is 5.81. The van der Waals surface area contributed by atoms with E-state index in [-0.39, 0.29) is 42.2 Å². The van der Waals surface area contributed by atoms with Gasteiger partial charge in [0.15, 0.2) is 0 Å². The third-order valence-corrected chi connectivity index (χ3v) is 5.57. The van der Waals surface area contributed by atoms with Crippen LogP contribution in [-0.2, 0) is 0 Å². The van der Waals surface area contributed by atoms with Crippen molar-refractivity contribution in [1.29, 1.82) is 0 Å². The van der Waals surface area contributed by atoms with E-state index in [0.29, 0.717) is 0 Å². The second-order valence-electron chi connectivity index (χ2n) is 1.49. The van der Waals surface area contributed by atoms with E-state index in [1.165, 1.54) is 0 Å². The summed E-state index contributed by atoms with van der Waals surface area (Å²) in [6, 6.07) is 0. The van der Waals surface area contributed by atoms with Gasteiger partial charge in [0, 0.05) is 0 Å². The first-order valence-electron chi connectivity index (χ1n) is 2.70. The maximum absolute atomic E-state index is 5.81. The van der Waals surface area contributed by atoms with Gasteiger partial charge in [0.05, 0.1) is 0 Å². The van der Waals surface area contributed by atoms with Crippen molar-refractivity contribution in [2.24, 2.45) is 11.6 Å². The average molecular weight is 371 g/mol. The number of alkyl halides is 2. The van der Waals surface area contributed by atoms with E-state index >= 15 is 0 Å². The van der Waals surface area contributed by atoms with Gasteiger partial charge in [-0.3, -0.25) is 0 Å². The van der Waals surface area contributed by atoms with Gasteiger partial charge in [0.2, 0.25) is 0 Å². The molecular formula is C4H13I2N4-. The van der Waals surface area contributed by atoms with Crippen molar-refractivity contribution >= 4 is 25.5 Å². The number of rotatable bonds is 5. The topological polar surface area (TPSA) is 76.1 Å². The normalized spacial score (nSPS) is 17.1. The SMILES string of the molecule is C=INC(N)(NN)[I-]CC. The Bertz CT molecular complexity index is 109. The van der Waals surface area contributed by atoms with Crippen LogP contribution in [0.5, 0.6) is 0 Å². The molecule has 10 heavy (non-hydrogen) atoms. The molecule has 0 bridgehead atoms. The molecule has 0 aromatic rings. The Hall–Kier alpha value is 1.17. The number of hydrogen-bond donors (Lipinski definition) is 4. The first kappa shape index (κ1) is 11.2. The predicted octanol–water partition coefficient (Wildman–Crippen LogP) is -3.96.